The van der Waals surface area contributed by atoms with Crippen LogP contribution in [0.15, 0.2) is 54.2 Å². The second-order valence-electron chi connectivity index (χ2n) is 9.39. The topological polar surface area (TPSA) is 40.6 Å². The lowest BCUT2D eigenvalue weighted by Gasteiger charge is -2.37. The van der Waals surface area contributed by atoms with E-state index in [4.69, 9.17) is 0 Å². The molecule has 0 N–H and O–H groups in total. The zero-order valence-corrected chi connectivity index (χ0v) is 19.0. The van der Waals surface area contributed by atoms with Crippen molar-refractivity contribution in [3.8, 4) is 0 Å². The number of nitrogens with zero attached hydrogens (tertiary/aromatic N) is 2. The third-order valence-corrected chi connectivity index (χ3v) is 6.45. The van der Waals surface area contributed by atoms with Crippen LogP contribution in [0.2, 0.25) is 0 Å². The van der Waals surface area contributed by atoms with E-state index in [0.29, 0.717) is 36.1 Å². The SMILES string of the molecule is Cc1ccc(C2=C(N3CC(C)CC(C)C3)C(=O)N(CCc3ccccc3)C2=O)c(C)c1. The zero-order valence-electron chi connectivity index (χ0n) is 19.0. The maximum absolute atomic E-state index is 13.6. The van der Waals surface area contributed by atoms with Crippen molar-refractivity contribution in [3.63, 3.8) is 0 Å². The zero-order chi connectivity index (χ0) is 22.1. The van der Waals surface area contributed by atoms with Crippen molar-refractivity contribution in [3.05, 3.63) is 76.5 Å². The summed E-state index contributed by atoms with van der Waals surface area (Å²) in [6.45, 7) is 10.6. The van der Waals surface area contributed by atoms with Gasteiger partial charge in [-0.25, -0.2) is 0 Å². The highest BCUT2D eigenvalue weighted by Gasteiger charge is 2.43. The van der Waals surface area contributed by atoms with Crippen LogP contribution in [0.5, 0.6) is 0 Å². The van der Waals surface area contributed by atoms with Gasteiger partial charge >= 0.3 is 0 Å². The molecule has 2 aliphatic heterocycles. The van der Waals surface area contributed by atoms with Crippen LogP contribution in [0.4, 0.5) is 0 Å². The Balaban J connectivity index is 1.72. The normalized spacial score (nSPS) is 21.9. The molecule has 2 unspecified atom stereocenters. The largest absolute Gasteiger partial charge is 0.366 e. The van der Waals surface area contributed by atoms with Crippen molar-refractivity contribution in [2.45, 2.75) is 40.5 Å². The summed E-state index contributed by atoms with van der Waals surface area (Å²) >= 11 is 0. The number of carbonyl (C=O) groups is 2. The van der Waals surface area contributed by atoms with E-state index >= 15 is 0 Å². The van der Waals surface area contributed by atoms with Crippen LogP contribution in [-0.4, -0.2) is 41.2 Å². The number of imide groups is 1. The molecular formula is C27H32N2O2. The summed E-state index contributed by atoms with van der Waals surface area (Å²) in [5.41, 5.74) is 5.38. The Hall–Kier alpha value is -2.88. The fourth-order valence-electron chi connectivity index (χ4n) is 5.13. The van der Waals surface area contributed by atoms with Gasteiger partial charge in [-0.15, -0.1) is 0 Å². The van der Waals surface area contributed by atoms with E-state index in [1.807, 2.05) is 56.3 Å². The van der Waals surface area contributed by atoms with E-state index in [-0.39, 0.29) is 11.8 Å². The first kappa shape index (κ1) is 21.4. The minimum Gasteiger partial charge on any atom is -0.366 e. The number of likely N-dealkylation sites (tertiary alicyclic amines) is 1. The highest BCUT2D eigenvalue weighted by atomic mass is 16.2. The lowest BCUT2D eigenvalue weighted by Crippen LogP contribution is -2.42. The van der Waals surface area contributed by atoms with E-state index in [1.165, 1.54) is 4.90 Å². The lowest BCUT2D eigenvalue weighted by atomic mass is 9.90. The molecule has 2 aromatic rings. The Kier molecular flexibility index (Phi) is 5.99. The second-order valence-corrected chi connectivity index (χ2v) is 9.39. The van der Waals surface area contributed by atoms with Gasteiger partial charge < -0.3 is 4.90 Å². The lowest BCUT2D eigenvalue weighted by molar-refractivity contribution is -0.137. The molecule has 0 bridgehead atoms. The van der Waals surface area contributed by atoms with Crippen molar-refractivity contribution < 1.29 is 9.59 Å². The van der Waals surface area contributed by atoms with Crippen LogP contribution in [0.1, 0.15) is 42.5 Å². The summed E-state index contributed by atoms with van der Waals surface area (Å²) in [6, 6.07) is 16.2. The molecule has 1 fully saturated rings. The quantitative estimate of drug-likeness (QED) is 0.669. The van der Waals surface area contributed by atoms with Crippen LogP contribution in [0.3, 0.4) is 0 Å². The number of amides is 2. The Morgan fingerprint density at radius 1 is 0.903 bits per heavy atom. The van der Waals surface area contributed by atoms with Gasteiger partial charge in [0.05, 0.1) is 5.57 Å². The smallest absolute Gasteiger partial charge is 0.277 e. The average molecular weight is 417 g/mol. The van der Waals surface area contributed by atoms with Crippen LogP contribution >= 0.6 is 0 Å². The highest BCUT2D eigenvalue weighted by Crippen LogP contribution is 2.36. The second kappa shape index (κ2) is 8.70. The molecular weight excluding hydrogens is 384 g/mol. The van der Waals surface area contributed by atoms with Gasteiger partial charge in [0.15, 0.2) is 0 Å². The van der Waals surface area contributed by atoms with Gasteiger partial charge in [0, 0.05) is 19.6 Å². The molecule has 4 nitrogen and oxygen atoms in total. The average Bonchev–Trinajstić information content (AvgIpc) is 2.96. The third-order valence-electron chi connectivity index (χ3n) is 6.45. The molecule has 2 aliphatic rings. The summed E-state index contributed by atoms with van der Waals surface area (Å²) in [7, 11) is 0. The van der Waals surface area contributed by atoms with Crippen LogP contribution < -0.4 is 0 Å². The molecule has 2 amide bonds. The number of hydrogen-bond donors (Lipinski definition) is 0. The van der Waals surface area contributed by atoms with Crippen LogP contribution in [-0.2, 0) is 16.0 Å². The first-order valence-corrected chi connectivity index (χ1v) is 11.3. The van der Waals surface area contributed by atoms with Gasteiger partial charge in [-0.2, -0.15) is 0 Å². The molecule has 1 saturated heterocycles. The summed E-state index contributed by atoms with van der Waals surface area (Å²) in [6.07, 6.45) is 1.82. The van der Waals surface area contributed by atoms with Crippen molar-refractivity contribution in [1.82, 2.24) is 9.80 Å². The molecule has 2 heterocycles. The van der Waals surface area contributed by atoms with Crippen LogP contribution in [0.25, 0.3) is 5.57 Å². The van der Waals surface area contributed by atoms with Gasteiger partial charge in [0.1, 0.15) is 5.70 Å². The molecule has 31 heavy (non-hydrogen) atoms. The first-order chi connectivity index (χ1) is 14.8. The minimum absolute atomic E-state index is 0.141. The molecule has 0 aromatic heterocycles. The number of rotatable bonds is 5. The van der Waals surface area contributed by atoms with E-state index in [0.717, 1.165) is 41.8 Å². The standard InChI is InChI=1S/C27H32N2O2/c1-18-10-11-23(21(4)15-18)24-25(28-16-19(2)14-20(3)17-28)27(31)29(26(24)30)13-12-22-8-6-5-7-9-22/h5-11,15,19-20H,12-14,16-17H2,1-4H3. The van der Waals surface area contributed by atoms with Crippen molar-refractivity contribution in [1.29, 1.82) is 0 Å². The van der Waals surface area contributed by atoms with E-state index in [1.54, 1.807) is 0 Å². The molecule has 0 saturated carbocycles. The number of benzene rings is 2. The summed E-state index contributed by atoms with van der Waals surface area (Å²) in [5, 5.41) is 0. The predicted octanol–water partition coefficient (Wildman–Crippen LogP) is 4.60. The maximum Gasteiger partial charge on any atom is 0.277 e. The van der Waals surface area contributed by atoms with Gasteiger partial charge in [-0.3, -0.25) is 14.5 Å². The molecule has 0 radical (unpaired) electrons. The van der Waals surface area contributed by atoms with Gasteiger partial charge in [-0.05, 0) is 55.2 Å². The van der Waals surface area contributed by atoms with Crippen LogP contribution in [0, 0.1) is 25.7 Å². The summed E-state index contributed by atoms with van der Waals surface area (Å²) < 4.78 is 0. The monoisotopic (exact) mass is 416 g/mol. The summed E-state index contributed by atoms with van der Waals surface area (Å²) in [5.74, 6) is 0.696. The number of piperidine rings is 1. The van der Waals surface area contributed by atoms with Gasteiger partial charge in [0.25, 0.3) is 11.8 Å². The molecule has 4 heteroatoms. The number of aryl methyl sites for hydroxylation is 2. The van der Waals surface area contributed by atoms with Crippen molar-refractivity contribution in [2.24, 2.45) is 11.8 Å². The van der Waals surface area contributed by atoms with E-state index in [2.05, 4.69) is 24.8 Å². The van der Waals surface area contributed by atoms with Crippen molar-refractivity contribution >= 4 is 17.4 Å². The first-order valence-electron chi connectivity index (χ1n) is 11.3. The van der Waals surface area contributed by atoms with E-state index < -0.39 is 0 Å². The Morgan fingerprint density at radius 3 is 2.23 bits per heavy atom. The van der Waals surface area contributed by atoms with E-state index in [9.17, 15) is 9.59 Å². The predicted molar refractivity (Wildman–Crippen MR) is 124 cm³/mol. The maximum atomic E-state index is 13.6. The minimum atomic E-state index is -0.159. The number of carbonyl (C=O) groups excluding carboxylic acids is 2. The Morgan fingerprint density at radius 2 is 1.58 bits per heavy atom. The molecule has 0 aliphatic carbocycles. The molecule has 162 valence electrons. The molecule has 2 atom stereocenters. The molecule has 2 aromatic carbocycles. The Labute approximate surface area is 185 Å². The third kappa shape index (κ3) is 4.30. The molecule has 0 spiro atoms. The summed E-state index contributed by atoms with van der Waals surface area (Å²) in [4.78, 5) is 30.9. The highest BCUT2D eigenvalue weighted by molar-refractivity contribution is 6.35. The van der Waals surface area contributed by atoms with Crippen molar-refractivity contribution in [2.75, 3.05) is 19.6 Å². The van der Waals surface area contributed by atoms with Gasteiger partial charge in [-0.1, -0.05) is 67.9 Å². The van der Waals surface area contributed by atoms with Gasteiger partial charge in [0.2, 0.25) is 0 Å². The fourth-order valence-corrected chi connectivity index (χ4v) is 5.13. The molecule has 4 rings (SSSR count). The Bertz CT molecular complexity index is 1010. The fraction of sp³-hybridized carbons (Fsp3) is 0.407. The number of hydrogen-bond acceptors (Lipinski definition) is 3.